The number of amides is 10. The average Bonchev–Trinajstić information content (AvgIpc) is 4.22. The second-order valence-corrected chi connectivity index (χ2v) is 21.0. The van der Waals surface area contributed by atoms with E-state index in [4.69, 9.17) is 11.5 Å². The second-order valence-electron chi connectivity index (χ2n) is 21.0. The number of primary amides is 1. The largest absolute Gasteiger partial charge is 0.480 e. The summed E-state index contributed by atoms with van der Waals surface area (Å²) in [5.74, 6) is -9.15. The lowest BCUT2D eigenvalue weighted by Crippen LogP contribution is -2.59. The van der Waals surface area contributed by atoms with Crippen LogP contribution in [-0.4, -0.2) is 148 Å². The number of benzene rings is 3. The highest BCUT2D eigenvalue weighted by molar-refractivity contribution is 5.98. The van der Waals surface area contributed by atoms with Crippen LogP contribution in [0.1, 0.15) is 83.4 Å². The standard InChI is InChI=1S/C57H76N12O12/c1-32(2)25-42(65-54(77)41(22-23-46(59)70)64-51(74)39(58)28-37-29-60-40-20-13-12-19-38(37)40)55(78)66-43(26-35-15-8-6-9-16-35)53(76)62-31-48(72)69-24-14-21-45(69)56(79)67-44(27-36-17-10-7-11-18-36)52(75)61-30-47(71)63-34(5)50(73)68-49(33(3)4)57(80)81/h6-13,15-20,29,32-34,39,41-45,49,60H,14,21-28,30-31,58H2,1-5H3,(H2,59,70)(H,61,75)(H,62,76)(H,63,71)(H,64,74)(H,65,77)(H,66,78)(H,67,79)(H,68,73)(H,80,81)/t34-,39-,41-,42-,43-,44-,45-,49-/m0/s1. The first-order valence-electron chi connectivity index (χ1n) is 27.1. The molecule has 1 saturated heterocycles. The number of nitrogens with one attached hydrogen (secondary N) is 9. The van der Waals surface area contributed by atoms with E-state index in [1.807, 2.05) is 38.1 Å². The van der Waals surface area contributed by atoms with Gasteiger partial charge >= 0.3 is 5.97 Å². The third kappa shape index (κ3) is 19.6. The molecule has 0 aliphatic carbocycles. The van der Waals surface area contributed by atoms with Crippen LogP contribution < -0.4 is 54.0 Å². The van der Waals surface area contributed by atoms with Crippen molar-refractivity contribution in [2.45, 2.75) is 134 Å². The summed E-state index contributed by atoms with van der Waals surface area (Å²) in [6.45, 7) is 7.16. The summed E-state index contributed by atoms with van der Waals surface area (Å²) in [6.07, 6.45) is 2.04. The van der Waals surface area contributed by atoms with Crippen molar-refractivity contribution in [3.8, 4) is 0 Å². The third-order valence-electron chi connectivity index (χ3n) is 13.6. The van der Waals surface area contributed by atoms with Crippen LogP contribution in [0.5, 0.6) is 0 Å². The number of hydrogen-bond donors (Lipinski definition) is 12. The van der Waals surface area contributed by atoms with E-state index in [0.29, 0.717) is 17.5 Å². The van der Waals surface area contributed by atoms with Gasteiger partial charge in [0.15, 0.2) is 0 Å². The molecule has 436 valence electrons. The summed E-state index contributed by atoms with van der Waals surface area (Å²) in [5, 5.41) is 31.0. The highest BCUT2D eigenvalue weighted by Crippen LogP contribution is 2.20. The average molecular weight is 1120 g/mol. The summed E-state index contributed by atoms with van der Waals surface area (Å²) in [4.78, 5) is 151. The number of carboxylic acids is 1. The van der Waals surface area contributed by atoms with Crippen molar-refractivity contribution in [2.75, 3.05) is 19.6 Å². The quantitative estimate of drug-likeness (QED) is 0.0320. The fourth-order valence-corrected chi connectivity index (χ4v) is 9.26. The highest BCUT2D eigenvalue weighted by atomic mass is 16.4. The van der Waals surface area contributed by atoms with Gasteiger partial charge in [-0.05, 0) is 73.6 Å². The number of carboxylic acid groups (broad SMARTS) is 1. The first-order chi connectivity index (χ1) is 38.5. The topological polar surface area (TPSA) is 375 Å². The number of para-hydroxylation sites is 1. The minimum atomic E-state index is -1.33. The molecule has 81 heavy (non-hydrogen) atoms. The summed E-state index contributed by atoms with van der Waals surface area (Å²) >= 11 is 0. The normalized spacial score (nSPS) is 15.7. The van der Waals surface area contributed by atoms with Crippen molar-refractivity contribution in [1.29, 1.82) is 0 Å². The molecule has 0 spiro atoms. The Hall–Kier alpha value is -8.67. The Morgan fingerprint density at radius 3 is 1.78 bits per heavy atom. The number of hydrogen-bond acceptors (Lipinski definition) is 12. The van der Waals surface area contributed by atoms with Crippen molar-refractivity contribution >= 4 is 75.9 Å². The van der Waals surface area contributed by atoms with Crippen molar-refractivity contribution in [3.63, 3.8) is 0 Å². The molecule has 8 atom stereocenters. The van der Waals surface area contributed by atoms with E-state index in [2.05, 4.69) is 47.5 Å². The monoisotopic (exact) mass is 1120 g/mol. The molecule has 0 saturated carbocycles. The number of nitrogens with zero attached hydrogens (tertiary/aromatic N) is 1. The number of carbonyl (C=O) groups excluding carboxylic acids is 10. The van der Waals surface area contributed by atoms with E-state index in [-0.39, 0.29) is 57.4 Å². The van der Waals surface area contributed by atoms with Gasteiger partial charge in [0.2, 0.25) is 59.1 Å². The number of aliphatic carboxylic acids is 1. The lowest BCUT2D eigenvalue weighted by Gasteiger charge is -2.28. The zero-order valence-corrected chi connectivity index (χ0v) is 46.3. The second kappa shape index (κ2) is 30.6. The molecule has 0 bridgehead atoms. The number of nitrogens with two attached hydrogens (primary N) is 2. The van der Waals surface area contributed by atoms with Crippen LogP contribution in [0, 0.1) is 11.8 Å². The lowest BCUT2D eigenvalue weighted by molar-refractivity contribution is -0.143. The van der Waals surface area contributed by atoms with Crippen molar-refractivity contribution in [2.24, 2.45) is 23.3 Å². The van der Waals surface area contributed by atoms with Crippen LogP contribution in [0.15, 0.2) is 91.1 Å². The smallest absolute Gasteiger partial charge is 0.326 e. The molecule has 1 fully saturated rings. The molecule has 0 unspecified atom stereocenters. The Kier molecular flexibility index (Phi) is 23.9. The van der Waals surface area contributed by atoms with E-state index in [1.165, 1.54) is 11.8 Å². The van der Waals surface area contributed by atoms with Gasteiger partial charge < -0.3 is 69.0 Å². The van der Waals surface area contributed by atoms with Crippen LogP contribution in [0.3, 0.4) is 0 Å². The number of fused-ring (bicyclic) bond motifs is 1. The maximum absolute atomic E-state index is 14.3. The number of aromatic amines is 1. The van der Waals surface area contributed by atoms with Gasteiger partial charge in [0.25, 0.3) is 0 Å². The molecule has 10 amide bonds. The minimum Gasteiger partial charge on any atom is -0.480 e. The van der Waals surface area contributed by atoms with Gasteiger partial charge in [-0.3, -0.25) is 47.9 Å². The van der Waals surface area contributed by atoms with Gasteiger partial charge in [0, 0.05) is 42.9 Å². The molecule has 2 heterocycles. The molecule has 14 N–H and O–H groups in total. The first kappa shape index (κ1) is 63.2. The Morgan fingerprint density at radius 1 is 0.630 bits per heavy atom. The first-order valence-corrected chi connectivity index (χ1v) is 27.1. The zero-order valence-electron chi connectivity index (χ0n) is 46.3. The molecule has 5 rings (SSSR count). The molecule has 0 radical (unpaired) electrons. The minimum absolute atomic E-state index is 0.00811. The number of likely N-dealkylation sites (tertiary alicyclic amines) is 1. The van der Waals surface area contributed by atoms with Gasteiger partial charge in [-0.25, -0.2) is 4.79 Å². The van der Waals surface area contributed by atoms with Crippen LogP contribution in [0.25, 0.3) is 10.9 Å². The summed E-state index contributed by atoms with van der Waals surface area (Å²) in [5.41, 5.74) is 14.7. The van der Waals surface area contributed by atoms with Gasteiger partial charge in [-0.15, -0.1) is 0 Å². The number of rotatable bonds is 30. The van der Waals surface area contributed by atoms with Crippen LogP contribution >= 0.6 is 0 Å². The van der Waals surface area contributed by atoms with E-state index >= 15 is 0 Å². The van der Waals surface area contributed by atoms with Crippen molar-refractivity contribution in [3.05, 3.63) is 108 Å². The number of H-pyrrole nitrogens is 1. The van der Waals surface area contributed by atoms with Gasteiger partial charge in [-0.1, -0.05) is 107 Å². The lowest BCUT2D eigenvalue weighted by atomic mass is 10.00. The molecule has 1 aromatic heterocycles. The van der Waals surface area contributed by atoms with E-state index in [9.17, 15) is 57.8 Å². The van der Waals surface area contributed by atoms with E-state index < -0.39 is 132 Å². The fraction of sp³-hybridized carbons (Fsp3) is 0.456. The number of carbonyl (C=O) groups is 11. The number of aromatic nitrogens is 1. The molecule has 1 aliphatic heterocycles. The molecule has 4 aromatic rings. The Labute approximate surface area is 469 Å². The zero-order chi connectivity index (χ0) is 59.3. The predicted molar refractivity (Wildman–Crippen MR) is 299 cm³/mol. The SMILES string of the molecule is CC(C)C[C@H](NC(=O)[C@H](CCC(N)=O)NC(=O)[C@@H](N)Cc1c[nH]c2ccccc12)C(=O)N[C@@H](Cc1ccccc1)C(=O)NCC(=O)N1CCC[C@H]1C(=O)N[C@@H](Cc1ccccc1)C(=O)NCC(=O)N[C@@H](C)C(=O)N[C@H](C(=O)O)C(C)C. The molecular formula is C57H76N12O12. The van der Waals surface area contributed by atoms with E-state index in [0.717, 1.165) is 16.5 Å². The third-order valence-corrected chi connectivity index (χ3v) is 13.6. The Morgan fingerprint density at radius 2 is 1.19 bits per heavy atom. The van der Waals surface area contributed by atoms with Crippen LogP contribution in [-0.2, 0) is 72.0 Å². The molecule has 24 heteroatoms. The Bertz CT molecular complexity index is 2860. The maximum atomic E-state index is 14.3. The molecule has 1 aliphatic rings. The molecule has 3 aromatic carbocycles. The Balaban J connectivity index is 1.23. The van der Waals surface area contributed by atoms with Crippen LogP contribution in [0.2, 0.25) is 0 Å². The predicted octanol–water partition coefficient (Wildman–Crippen LogP) is -0.273. The molecule has 24 nitrogen and oxygen atoms in total. The van der Waals surface area contributed by atoms with Gasteiger partial charge in [0.1, 0.15) is 42.3 Å². The van der Waals surface area contributed by atoms with Crippen LogP contribution in [0.4, 0.5) is 0 Å². The maximum Gasteiger partial charge on any atom is 0.326 e. The summed E-state index contributed by atoms with van der Waals surface area (Å²) in [6, 6.07) is 15.3. The van der Waals surface area contributed by atoms with E-state index in [1.54, 1.807) is 80.7 Å². The van der Waals surface area contributed by atoms with Crippen molar-refractivity contribution in [1.82, 2.24) is 52.4 Å². The van der Waals surface area contributed by atoms with Gasteiger partial charge in [-0.2, -0.15) is 0 Å². The van der Waals surface area contributed by atoms with Crippen molar-refractivity contribution < 1.29 is 57.8 Å². The summed E-state index contributed by atoms with van der Waals surface area (Å²) < 4.78 is 0. The fourth-order valence-electron chi connectivity index (χ4n) is 9.26. The summed E-state index contributed by atoms with van der Waals surface area (Å²) in [7, 11) is 0. The van der Waals surface area contributed by atoms with Gasteiger partial charge in [0.05, 0.1) is 19.1 Å². The highest BCUT2D eigenvalue weighted by Gasteiger charge is 2.37. The molecular weight excluding hydrogens is 1040 g/mol.